The van der Waals surface area contributed by atoms with Crippen LogP contribution in [0.15, 0.2) is 54.9 Å². The molecule has 3 atom stereocenters. The quantitative estimate of drug-likeness (QED) is 0.496. The van der Waals surface area contributed by atoms with E-state index in [0.717, 1.165) is 62.5 Å². The van der Waals surface area contributed by atoms with Gasteiger partial charge in [-0.1, -0.05) is 55.7 Å². The summed E-state index contributed by atoms with van der Waals surface area (Å²) >= 11 is 0. The maximum absolute atomic E-state index is 13.4. The highest BCUT2D eigenvalue weighted by atomic mass is 16.6. The van der Waals surface area contributed by atoms with Crippen LogP contribution in [0.2, 0.25) is 0 Å². The van der Waals surface area contributed by atoms with Gasteiger partial charge in [0.2, 0.25) is 0 Å². The fourth-order valence-corrected chi connectivity index (χ4v) is 5.69. The molecule has 0 amide bonds. The van der Waals surface area contributed by atoms with Crippen molar-refractivity contribution in [1.29, 1.82) is 0 Å². The maximum Gasteiger partial charge on any atom is 0.343 e. The number of rotatable bonds is 8. The number of hydrogen-bond donors (Lipinski definition) is 1. The molecule has 2 unspecified atom stereocenters. The summed E-state index contributed by atoms with van der Waals surface area (Å²) < 4.78 is 6.83. The first kappa shape index (κ1) is 22.9. The van der Waals surface area contributed by atoms with Crippen LogP contribution in [-0.2, 0) is 21.6 Å². The highest BCUT2D eigenvalue weighted by molar-refractivity contribution is 5.81. The second-order valence-electron chi connectivity index (χ2n) is 9.90. The van der Waals surface area contributed by atoms with E-state index in [4.69, 9.17) is 4.74 Å². The number of ether oxygens (including phenoxy) is 1. The van der Waals surface area contributed by atoms with Crippen LogP contribution in [-0.4, -0.2) is 53.3 Å². The van der Waals surface area contributed by atoms with E-state index < -0.39 is 11.6 Å². The van der Waals surface area contributed by atoms with Crippen molar-refractivity contribution in [2.45, 2.75) is 63.0 Å². The molecule has 172 valence electrons. The average molecular weight is 438 g/mol. The van der Waals surface area contributed by atoms with E-state index in [-0.39, 0.29) is 12.0 Å². The van der Waals surface area contributed by atoms with E-state index in [1.165, 1.54) is 12.0 Å². The summed E-state index contributed by atoms with van der Waals surface area (Å²) in [7, 11) is 2.27. The number of carbonyl (C=O) groups excluding carboxylic acids is 1. The van der Waals surface area contributed by atoms with E-state index in [1.807, 2.05) is 42.6 Å². The Balaban J connectivity index is 1.44. The molecule has 32 heavy (non-hydrogen) atoms. The first-order chi connectivity index (χ1) is 15.5. The highest BCUT2D eigenvalue weighted by Crippen LogP contribution is 2.40. The van der Waals surface area contributed by atoms with Crippen molar-refractivity contribution in [2.75, 3.05) is 26.7 Å². The van der Waals surface area contributed by atoms with Gasteiger partial charge in [0, 0.05) is 37.6 Å². The highest BCUT2D eigenvalue weighted by Gasteiger charge is 2.48. The maximum atomic E-state index is 13.4. The summed E-state index contributed by atoms with van der Waals surface area (Å²) in [4.78, 5) is 17.7. The molecule has 5 heteroatoms. The molecule has 4 rings (SSSR count). The minimum Gasteiger partial charge on any atom is -0.457 e. The molecule has 5 nitrogen and oxygen atoms in total. The molecular formula is C27H37N2O3+. The van der Waals surface area contributed by atoms with Crippen LogP contribution in [0.3, 0.4) is 0 Å². The van der Waals surface area contributed by atoms with Gasteiger partial charge in [-0.05, 0) is 30.0 Å². The van der Waals surface area contributed by atoms with Gasteiger partial charge in [-0.25, -0.2) is 4.79 Å². The molecule has 1 aromatic heterocycles. The summed E-state index contributed by atoms with van der Waals surface area (Å²) in [5.74, 6) is -0.553. The Kier molecular flexibility index (Phi) is 7.27. The van der Waals surface area contributed by atoms with E-state index in [0.29, 0.717) is 12.2 Å². The number of pyridine rings is 1. The van der Waals surface area contributed by atoms with Crippen LogP contribution in [0, 0.1) is 5.92 Å². The van der Waals surface area contributed by atoms with Crippen LogP contribution in [0.25, 0.3) is 0 Å². The van der Waals surface area contributed by atoms with E-state index in [1.54, 1.807) is 6.20 Å². The van der Waals surface area contributed by atoms with E-state index >= 15 is 0 Å². The van der Waals surface area contributed by atoms with E-state index in [2.05, 4.69) is 18.1 Å². The summed E-state index contributed by atoms with van der Waals surface area (Å²) in [5.41, 5.74) is 0.349. The molecule has 1 aromatic carbocycles. The molecule has 0 spiro atoms. The fraction of sp³-hybridized carbons (Fsp3) is 0.556. The predicted molar refractivity (Wildman–Crippen MR) is 125 cm³/mol. The largest absolute Gasteiger partial charge is 0.457 e. The molecule has 2 fully saturated rings. The number of aromatic nitrogens is 1. The normalized spacial score (nSPS) is 25.9. The zero-order valence-corrected chi connectivity index (χ0v) is 19.3. The van der Waals surface area contributed by atoms with Gasteiger partial charge in [-0.2, -0.15) is 0 Å². The summed E-state index contributed by atoms with van der Waals surface area (Å²) in [5, 5.41) is 11.7. The lowest BCUT2D eigenvalue weighted by molar-refractivity contribution is -0.921. The number of likely N-dealkylation sites (N-methyl/N-ethyl adjacent to an activating group) is 1. The monoisotopic (exact) mass is 437 g/mol. The first-order valence-electron chi connectivity index (χ1n) is 12.2. The summed E-state index contributed by atoms with van der Waals surface area (Å²) in [6.07, 6.45) is 11.9. The number of likely N-dealkylation sites (tertiary alicyclic amines) is 1. The van der Waals surface area contributed by atoms with Gasteiger partial charge in [0.1, 0.15) is 12.6 Å². The molecule has 2 aromatic rings. The number of esters is 1. The standard InChI is InChI=1S/C27H37N2O3/c1-29(19-16-22-10-8-17-28-20-22)18-9-15-25(29)21-32-26(30)27(31,23-11-4-2-5-12-23)24-13-6-3-7-14-24/h2,4-5,8,10-12,17,20,24-25,31H,3,6-7,9,13-16,18-19,21H2,1H3/q+1/t25-,27?,29?/m1/s1. The van der Waals surface area contributed by atoms with Crippen LogP contribution in [0.1, 0.15) is 56.1 Å². The van der Waals surface area contributed by atoms with Gasteiger partial charge in [0.05, 0.1) is 20.1 Å². The third kappa shape index (κ3) is 4.89. The van der Waals surface area contributed by atoms with Crippen molar-refractivity contribution in [2.24, 2.45) is 5.92 Å². The lowest BCUT2D eigenvalue weighted by Gasteiger charge is -2.39. The van der Waals surface area contributed by atoms with Crippen molar-refractivity contribution in [3.8, 4) is 0 Å². The number of quaternary nitrogens is 1. The van der Waals surface area contributed by atoms with Crippen LogP contribution in [0.5, 0.6) is 0 Å². The number of aliphatic hydroxyl groups is 1. The number of carbonyl (C=O) groups is 1. The van der Waals surface area contributed by atoms with Crippen molar-refractivity contribution in [1.82, 2.24) is 4.98 Å². The van der Waals surface area contributed by atoms with Gasteiger partial charge in [-0.3, -0.25) is 4.98 Å². The second-order valence-corrected chi connectivity index (χ2v) is 9.90. The van der Waals surface area contributed by atoms with Crippen molar-refractivity contribution >= 4 is 5.97 Å². The molecule has 1 saturated heterocycles. The molecule has 0 bridgehead atoms. The predicted octanol–water partition coefficient (Wildman–Crippen LogP) is 4.24. The molecule has 1 N–H and O–H groups in total. The Hall–Kier alpha value is -2.24. The summed E-state index contributed by atoms with van der Waals surface area (Å²) in [6, 6.07) is 13.8. The van der Waals surface area contributed by atoms with Crippen LogP contribution in [0.4, 0.5) is 0 Å². The van der Waals surface area contributed by atoms with Gasteiger partial charge in [0.25, 0.3) is 0 Å². The van der Waals surface area contributed by atoms with Gasteiger partial charge < -0.3 is 14.3 Å². The topological polar surface area (TPSA) is 59.4 Å². The Labute approximate surface area is 192 Å². The minimum absolute atomic E-state index is 0.0822. The number of benzene rings is 1. The molecule has 0 radical (unpaired) electrons. The zero-order chi connectivity index (χ0) is 22.4. The number of hydrogen-bond acceptors (Lipinski definition) is 4. The van der Waals surface area contributed by atoms with Crippen molar-refractivity contribution < 1.29 is 19.1 Å². The van der Waals surface area contributed by atoms with Crippen LogP contribution < -0.4 is 0 Å². The van der Waals surface area contributed by atoms with Crippen molar-refractivity contribution in [3.05, 3.63) is 66.0 Å². The SMILES string of the molecule is C[N+]1(CCc2cccnc2)CCC[C@@H]1COC(=O)C(O)(c1ccccc1)C1CCCCC1. The number of nitrogens with zero attached hydrogens (tertiary/aromatic N) is 2. The molecule has 1 aliphatic carbocycles. The molecule has 2 aliphatic rings. The van der Waals surface area contributed by atoms with Gasteiger partial charge in [0.15, 0.2) is 5.60 Å². The average Bonchev–Trinajstić information content (AvgIpc) is 3.23. The lowest BCUT2D eigenvalue weighted by Crippen LogP contribution is -2.52. The molecule has 1 saturated carbocycles. The Morgan fingerprint density at radius 3 is 2.59 bits per heavy atom. The van der Waals surface area contributed by atoms with Gasteiger partial charge in [-0.15, -0.1) is 0 Å². The second kappa shape index (κ2) is 10.1. The Morgan fingerprint density at radius 2 is 1.88 bits per heavy atom. The Bertz CT molecular complexity index is 869. The summed E-state index contributed by atoms with van der Waals surface area (Å²) in [6.45, 7) is 2.46. The smallest absolute Gasteiger partial charge is 0.343 e. The lowest BCUT2D eigenvalue weighted by atomic mass is 9.73. The molecule has 2 heterocycles. The van der Waals surface area contributed by atoms with Gasteiger partial charge >= 0.3 is 5.97 Å². The molecule has 1 aliphatic heterocycles. The van der Waals surface area contributed by atoms with Crippen LogP contribution >= 0.6 is 0 Å². The van der Waals surface area contributed by atoms with Crippen molar-refractivity contribution in [3.63, 3.8) is 0 Å². The zero-order valence-electron chi connectivity index (χ0n) is 19.3. The Morgan fingerprint density at radius 1 is 1.09 bits per heavy atom. The molecular weight excluding hydrogens is 400 g/mol. The fourth-order valence-electron chi connectivity index (χ4n) is 5.69. The minimum atomic E-state index is -1.56. The first-order valence-corrected chi connectivity index (χ1v) is 12.2. The third-order valence-electron chi connectivity index (χ3n) is 7.85. The van der Waals surface area contributed by atoms with E-state index in [9.17, 15) is 9.90 Å². The third-order valence-corrected chi connectivity index (χ3v) is 7.85.